The van der Waals surface area contributed by atoms with Gasteiger partial charge in [0.1, 0.15) is 11.9 Å². The number of hydrogen-bond donors (Lipinski definition) is 1. The zero-order valence-electron chi connectivity index (χ0n) is 11.5. The summed E-state index contributed by atoms with van der Waals surface area (Å²) in [6, 6.07) is 0.0376. The lowest BCUT2D eigenvalue weighted by molar-refractivity contribution is 0.0691. The fraction of sp³-hybridized carbons (Fsp3) is 0.417. The summed E-state index contributed by atoms with van der Waals surface area (Å²) in [5.74, 6) is -1.19. The first-order chi connectivity index (χ1) is 9.56. The zero-order valence-corrected chi connectivity index (χ0v) is 11.5. The lowest BCUT2D eigenvalue weighted by Gasteiger charge is -2.11. The van der Waals surface area contributed by atoms with Crippen LogP contribution in [0.25, 0.3) is 0 Å². The van der Waals surface area contributed by atoms with E-state index in [0.717, 1.165) is 0 Å². The van der Waals surface area contributed by atoms with Crippen LogP contribution in [0.2, 0.25) is 0 Å². The molecule has 2 aromatic rings. The van der Waals surface area contributed by atoms with Gasteiger partial charge in [0.2, 0.25) is 0 Å². The number of ether oxygens (including phenoxy) is 1. The Morgan fingerprint density at radius 1 is 1.35 bits per heavy atom. The van der Waals surface area contributed by atoms with E-state index in [1.807, 2.05) is 13.8 Å². The van der Waals surface area contributed by atoms with Crippen molar-refractivity contribution in [1.29, 1.82) is 0 Å². The highest BCUT2D eigenvalue weighted by Gasteiger charge is 2.22. The van der Waals surface area contributed by atoms with Crippen LogP contribution in [-0.4, -0.2) is 36.0 Å². The molecule has 0 saturated carbocycles. The highest BCUT2D eigenvalue weighted by atomic mass is 16.5. The van der Waals surface area contributed by atoms with E-state index in [1.165, 1.54) is 11.0 Å². The maximum absolute atomic E-state index is 11.5. The van der Waals surface area contributed by atoms with Crippen molar-refractivity contribution in [3.8, 4) is 11.9 Å². The topological polar surface area (TPSA) is 103 Å². The first-order valence-electron chi connectivity index (χ1n) is 6.22. The van der Waals surface area contributed by atoms with Crippen LogP contribution in [0.5, 0.6) is 11.9 Å². The summed E-state index contributed by atoms with van der Waals surface area (Å²) in [5.41, 5.74) is 1.30. The summed E-state index contributed by atoms with van der Waals surface area (Å²) in [7, 11) is 1.68. The quantitative estimate of drug-likeness (QED) is 0.876. The molecule has 0 aliphatic carbocycles. The summed E-state index contributed by atoms with van der Waals surface area (Å²) in [6.45, 7) is 3.76. The molecule has 20 heavy (non-hydrogen) atoms. The monoisotopic (exact) mass is 277 g/mol. The Labute approximate surface area is 115 Å². The molecular weight excluding hydrogens is 262 g/mol. The van der Waals surface area contributed by atoms with Gasteiger partial charge in [0.05, 0.1) is 5.69 Å². The molecule has 0 aromatic carbocycles. The predicted octanol–water partition coefficient (Wildman–Crippen LogP) is 1.22. The van der Waals surface area contributed by atoms with Gasteiger partial charge in [-0.15, -0.1) is 10.2 Å². The second kappa shape index (κ2) is 5.64. The number of aromatic nitrogens is 5. The lowest BCUT2D eigenvalue weighted by atomic mass is 10.0. The first-order valence-corrected chi connectivity index (χ1v) is 6.22. The third kappa shape index (κ3) is 2.58. The molecule has 2 aromatic heterocycles. The number of carboxylic acids is 1. The SMILES string of the molecule is CCc1nnc(Oc2ncn(C)n2)c(C(=O)O)c1CC. The Morgan fingerprint density at radius 2 is 2.10 bits per heavy atom. The number of nitrogens with zero attached hydrogens (tertiary/aromatic N) is 5. The number of rotatable bonds is 5. The summed E-state index contributed by atoms with van der Waals surface area (Å²) in [5, 5.41) is 21.2. The maximum atomic E-state index is 11.5. The minimum absolute atomic E-state index is 0.0202. The van der Waals surface area contributed by atoms with E-state index in [2.05, 4.69) is 20.3 Å². The van der Waals surface area contributed by atoms with Gasteiger partial charge in [0.25, 0.3) is 5.88 Å². The second-order valence-electron chi connectivity index (χ2n) is 4.12. The van der Waals surface area contributed by atoms with E-state index in [-0.39, 0.29) is 17.5 Å². The molecule has 0 atom stereocenters. The number of carbonyl (C=O) groups is 1. The molecule has 0 aliphatic rings. The van der Waals surface area contributed by atoms with Crippen LogP contribution in [0.3, 0.4) is 0 Å². The molecule has 0 amide bonds. The van der Waals surface area contributed by atoms with Crippen LogP contribution >= 0.6 is 0 Å². The highest BCUT2D eigenvalue weighted by molar-refractivity contribution is 5.92. The van der Waals surface area contributed by atoms with Crippen LogP contribution in [-0.2, 0) is 19.9 Å². The molecular formula is C12H15N5O3. The predicted molar refractivity (Wildman–Crippen MR) is 68.8 cm³/mol. The first kappa shape index (κ1) is 13.9. The summed E-state index contributed by atoms with van der Waals surface area (Å²) < 4.78 is 6.78. The molecule has 1 N–H and O–H groups in total. The number of carboxylic acid groups (broad SMARTS) is 1. The van der Waals surface area contributed by atoms with Crippen LogP contribution in [0.1, 0.15) is 35.5 Å². The fourth-order valence-corrected chi connectivity index (χ4v) is 1.90. The van der Waals surface area contributed by atoms with Crippen LogP contribution in [0.4, 0.5) is 0 Å². The summed E-state index contributed by atoms with van der Waals surface area (Å²) in [6.07, 6.45) is 2.59. The minimum Gasteiger partial charge on any atom is -0.477 e. The van der Waals surface area contributed by atoms with Gasteiger partial charge in [-0.1, -0.05) is 13.8 Å². The van der Waals surface area contributed by atoms with Crippen molar-refractivity contribution in [2.24, 2.45) is 7.05 Å². The number of hydrogen-bond acceptors (Lipinski definition) is 6. The van der Waals surface area contributed by atoms with Gasteiger partial charge in [-0.3, -0.25) is 4.68 Å². The summed E-state index contributed by atoms with van der Waals surface area (Å²) in [4.78, 5) is 15.3. The molecule has 106 valence electrons. The van der Waals surface area contributed by atoms with E-state index in [0.29, 0.717) is 24.1 Å². The van der Waals surface area contributed by atoms with Gasteiger partial charge >= 0.3 is 12.0 Å². The van der Waals surface area contributed by atoms with Crippen molar-refractivity contribution < 1.29 is 14.6 Å². The van der Waals surface area contributed by atoms with E-state index >= 15 is 0 Å². The molecule has 0 saturated heterocycles. The van der Waals surface area contributed by atoms with Gasteiger partial charge < -0.3 is 9.84 Å². The van der Waals surface area contributed by atoms with E-state index in [1.54, 1.807) is 7.05 Å². The zero-order chi connectivity index (χ0) is 14.7. The van der Waals surface area contributed by atoms with Crippen molar-refractivity contribution >= 4 is 5.97 Å². The van der Waals surface area contributed by atoms with Gasteiger partial charge in [-0.2, -0.15) is 10.1 Å². The largest absolute Gasteiger partial charge is 0.477 e. The molecule has 0 unspecified atom stereocenters. The molecule has 0 fully saturated rings. The molecule has 2 rings (SSSR count). The molecule has 2 heterocycles. The Kier molecular flexibility index (Phi) is 3.92. The highest BCUT2D eigenvalue weighted by Crippen LogP contribution is 2.25. The van der Waals surface area contributed by atoms with Crippen molar-refractivity contribution in [3.63, 3.8) is 0 Å². The molecule has 0 spiro atoms. The van der Waals surface area contributed by atoms with Gasteiger partial charge in [-0.05, 0) is 18.4 Å². The van der Waals surface area contributed by atoms with Crippen LogP contribution in [0.15, 0.2) is 6.33 Å². The second-order valence-corrected chi connectivity index (χ2v) is 4.12. The number of aryl methyl sites for hydroxylation is 2. The Balaban J connectivity index is 2.49. The van der Waals surface area contributed by atoms with Gasteiger partial charge in [0, 0.05) is 7.05 Å². The molecule has 0 aliphatic heterocycles. The average molecular weight is 277 g/mol. The normalized spacial score (nSPS) is 10.6. The number of aromatic carboxylic acids is 1. The smallest absolute Gasteiger partial charge is 0.342 e. The molecule has 8 heteroatoms. The lowest BCUT2D eigenvalue weighted by Crippen LogP contribution is -2.12. The van der Waals surface area contributed by atoms with Gasteiger partial charge in [-0.25, -0.2) is 4.79 Å². The fourth-order valence-electron chi connectivity index (χ4n) is 1.90. The Bertz CT molecular complexity index is 638. The average Bonchev–Trinajstić information content (AvgIpc) is 2.83. The van der Waals surface area contributed by atoms with Gasteiger partial charge in [0.15, 0.2) is 0 Å². The van der Waals surface area contributed by atoms with E-state index < -0.39 is 5.97 Å². The molecule has 0 bridgehead atoms. The van der Waals surface area contributed by atoms with Crippen molar-refractivity contribution in [1.82, 2.24) is 25.0 Å². The van der Waals surface area contributed by atoms with Crippen LogP contribution in [0, 0.1) is 0 Å². The third-order valence-corrected chi connectivity index (χ3v) is 2.79. The minimum atomic E-state index is -1.10. The maximum Gasteiger partial charge on any atom is 0.342 e. The standard InChI is InChI=1S/C12H15N5O3/c1-4-7-8(5-2)14-15-10(9(7)11(18)19)20-12-13-6-17(3)16-12/h6H,4-5H2,1-3H3,(H,18,19). The Hall–Kier alpha value is -2.51. The Morgan fingerprint density at radius 3 is 2.60 bits per heavy atom. The van der Waals surface area contributed by atoms with Crippen molar-refractivity contribution in [2.45, 2.75) is 26.7 Å². The van der Waals surface area contributed by atoms with E-state index in [4.69, 9.17) is 4.74 Å². The third-order valence-electron chi connectivity index (χ3n) is 2.79. The van der Waals surface area contributed by atoms with Crippen LogP contribution < -0.4 is 4.74 Å². The van der Waals surface area contributed by atoms with Crippen molar-refractivity contribution in [2.75, 3.05) is 0 Å². The van der Waals surface area contributed by atoms with Crippen molar-refractivity contribution in [3.05, 3.63) is 23.1 Å². The molecule has 8 nitrogen and oxygen atoms in total. The van der Waals surface area contributed by atoms with E-state index in [9.17, 15) is 9.90 Å². The molecule has 0 radical (unpaired) electrons. The summed E-state index contributed by atoms with van der Waals surface area (Å²) >= 11 is 0.